The summed E-state index contributed by atoms with van der Waals surface area (Å²) in [4.78, 5) is 11.7. The van der Waals surface area contributed by atoms with Crippen molar-refractivity contribution in [2.24, 2.45) is 0 Å². The van der Waals surface area contributed by atoms with Gasteiger partial charge in [0.2, 0.25) is 10.0 Å². The van der Waals surface area contributed by atoms with Crippen LogP contribution in [0, 0.1) is 0 Å². The fraction of sp³-hybridized carbons (Fsp3) is 0.500. The van der Waals surface area contributed by atoms with Crippen LogP contribution in [0.15, 0.2) is 30.3 Å². The minimum atomic E-state index is -3.47. The van der Waals surface area contributed by atoms with E-state index in [9.17, 15) is 13.2 Å². The number of rotatable bonds is 8. The molecular formula is C14H21NO4S. The monoisotopic (exact) mass is 299 g/mol. The Hall–Kier alpha value is -1.40. The second-order valence-electron chi connectivity index (χ2n) is 4.56. The smallest absolute Gasteiger partial charge is 0.324 e. The van der Waals surface area contributed by atoms with Gasteiger partial charge in [-0.2, -0.15) is 0 Å². The molecule has 0 heterocycles. The maximum absolute atomic E-state index is 11.9. The highest BCUT2D eigenvalue weighted by atomic mass is 32.2. The van der Waals surface area contributed by atoms with Gasteiger partial charge >= 0.3 is 5.97 Å². The minimum absolute atomic E-state index is 0.0196. The lowest BCUT2D eigenvalue weighted by Gasteiger charge is -2.16. The number of carbonyl (C=O) groups is 1. The van der Waals surface area contributed by atoms with E-state index in [0.29, 0.717) is 6.42 Å². The molecule has 1 unspecified atom stereocenters. The van der Waals surface area contributed by atoms with Crippen molar-refractivity contribution in [3.8, 4) is 0 Å². The average Bonchev–Trinajstić information content (AvgIpc) is 2.44. The number of benzene rings is 1. The minimum Gasteiger partial charge on any atom is -0.468 e. The number of nitrogens with one attached hydrogen (secondary N) is 1. The second-order valence-corrected chi connectivity index (χ2v) is 6.43. The van der Waals surface area contributed by atoms with Gasteiger partial charge in [-0.25, -0.2) is 13.1 Å². The first-order valence-corrected chi connectivity index (χ1v) is 8.25. The number of hydrogen-bond acceptors (Lipinski definition) is 4. The summed E-state index contributed by atoms with van der Waals surface area (Å²) in [6.07, 6.45) is 1.62. The standard InChI is InChI=1S/C14H21NO4S/c1-3-4-10-20(17,18)15-13(14(16)19-2)11-12-8-6-5-7-9-12/h5-9,13,15H,3-4,10-11H2,1-2H3. The maximum Gasteiger partial charge on any atom is 0.324 e. The Balaban J connectivity index is 2.78. The van der Waals surface area contributed by atoms with Crippen LogP contribution in [0.25, 0.3) is 0 Å². The van der Waals surface area contributed by atoms with Gasteiger partial charge in [0.05, 0.1) is 12.9 Å². The summed E-state index contributed by atoms with van der Waals surface area (Å²) in [5.41, 5.74) is 0.876. The van der Waals surface area contributed by atoms with Crippen LogP contribution in [-0.2, 0) is 26.0 Å². The summed E-state index contributed by atoms with van der Waals surface area (Å²) in [6, 6.07) is 8.35. The summed E-state index contributed by atoms with van der Waals surface area (Å²) in [6.45, 7) is 1.91. The molecular weight excluding hydrogens is 278 g/mol. The van der Waals surface area contributed by atoms with Crippen LogP contribution in [0.5, 0.6) is 0 Å². The van der Waals surface area contributed by atoms with E-state index in [4.69, 9.17) is 0 Å². The molecule has 0 radical (unpaired) electrons. The van der Waals surface area contributed by atoms with Gasteiger partial charge in [0.25, 0.3) is 0 Å². The Morgan fingerprint density at radius 2 is 1.95 bits per heavy atom. The zero-order chi connectivity index (χ0) is 15.0. The maximum atomic E-state index is 11.9. The number of carbonyl (C=O) groups excluding carboxylic acids is 1. The van der Waals surface area contributed by atoms with E-state index in [1.54, 1.807) is 0 Å². The molecule has 0 spiro atoms. The van der Waals surface area contributed by atoms with Crippen LogP contribution in [-0.4, -0.2) is 33.3 Å². The molecule has 0 saturated carbocycles. The number of esters is 1. The lowest BCUT2D eigenvalue weighted by atomic mass is 10.1. The van der Waals surface area contributed by atoms with Gasteiger partial charge < -0.3 is 4.74 Å². The van der Waals surface area contributed by atoms with Crippen LogP contribution >= 0.6 is 0 Å². The van der Waals surface area contributed by atoms with Crippen molar-refractivity contribution in [3.05, 3.63) is 35.9 Å². The van der Waals surface area contributed by atoms with Gasteiger partial charge in [-0.15, -0.1) is 0 Å². The summed E-state index contributed by atoms with van der Waals surface area (Å²) < 4.78 is 30.9. The Morgan fingerprint density at radius 3 is 2.50 bits per heavy atom. The molecule has 112 valence electrons. The third kappa shape index (κ3) is 5.71. The lowest BCUT2D eigenvalue weighted by molar-refractivity contribution is -0.142. The van der Waals surface area contributed by atoms with E-state index in [2.05, 4.69) is 9.46 Å². The molecule has 0 aliphatic rings. The molecule has 1 N–H and O–H groups in total. The zero-order valence-electron chi connectivity index (χ0n) is 11.8. The highest BCUT2D eigenvalue weighted by Gasteiger charge is 2.25. The SMILES string of the molecule is CCCCS(=O)(=O)NC(Cc1ccccc1)C(=O)OC. The van der Waals surface area contributed by atoms with Crippen LogP contribution in [0.1, 0.15) is 25.3 Å². The lowest BCUT2D eigenvalue weighted by Crippen LogP contribution is -2.43. The number of unbranched alkanes of at least 4 members (excludes halogenated alkanes) is 1. The Bertz CT molecular complexity index is 513. The van der Waals surface area contributed by atoms with E-state index in [-0.39, 0.29) is 12.2 Å². The molecule has 0 aromatic heterocycles. The first kappa shape index (κ1) is 16.7. The molecule has 5 nitrogen and oxygen atoms in total. The Morgan fingerprint density at radius 1 is 1.30 bits per heavy atom. The molecule has 1 aromatic carbocycles. The highest BCUT2D eigenvalue weighted by Crippen LogP contribution is 2.06. The second kappa shape index (κ2) is 8.01. The molecule has 0 bridgehead atoms. The number of methoxy groups -OCH3 is 1. The molecule has 6 heteroatoms. The van der Waals surface area contributed by atoms with E-state index >= 15 is 0 Å². The van der Waals surface area contributed by atoms with Crippen molar-refractivity contribution in [3.63, 3.8) is 0 Å². The summed E-state index contributed by atoms with van der Waals surface area (Å²) in [7, 11) is -2.22. The van der Waals surface area contributed by atoms with Crippen LogP contribution in [0.2, 0.25) is 0 Å². The van der Waals surface area contributed by atoms with Crippen LogP contribution in [0.4, 0.5) is 0 Å². The normalized spacial score (nSPS) is 12.9. The molecule has 0 amide bonds. The van der Waals surface area contributed by atoms with E-state index < -0.39 is 22.0 Å². The van der Waals surface area contributed by atoms with Gasteiger partial charge in [-0.05, 0) is 18.4 Å². The summed E-state index contributed by atoms with van der Waals surface area (Å²) in [5, 5.41) is 0. The van der Waals surface area contributed by atoms with Crippen molar-refractivity contribution in [1.29, 1.82) is 0 Å². The van der Waals surface area contributed by atoms with Gasteiger partial charge in [0, 0.05) is 0 Å². The van der Waals surface area contributed by atoms with E-state index in [1.807, 2.05) is 37.3 Å². The quantitative estimate of drug-likeness (QED) is 0.738. The van der Waals surface area contributed by atoms with E-state index in [0.717, 1.165) is 12.0 Å². The van der Waals surface area contributed by atoms with Gasteiger partial charge in [0.1, 0.15) is 6.04 Å². The van der Waals surface area contributed by atoms with Crippen molar-refractivity contribution in [1.82, 2.24) is 4.72 Å². The third-order valence-electron chi connectivity index (χ3n) is 2.86. The van der Waals surface area contributed by atoms with Crippen molar-refractivity contribution in [2.45, 2.75) is 32.2 Å². The molecule has 1 atom stereocenters. The summed E-state index contributed by atoms with van der Waals surface area (Å²) in [5.74, 6) is -0.555. The molecule has 1 rings (SSSR count). The van der Waals surface area contributed by atoms with Crippen LogP contribution < -0.4 is 4.72 Å². The average molecular weight is 299 g/mol. The highest BCUT2D eigenvalue weighted by molar-refractivity contribution is 7.89. The Labute approximate surface area is 120 Å². The summed E-state index contributed by atoms with van der Waals surface area (Å²) >= 11 is 0. The predicted molar refractivity (Wildman–Crippen MR) is 77.8 cm³/mol. The largest absolute Gasteiger partial charge is 0.468 e. The van der Waals surface area contributed by atoms with Gasteiger partial charge in [0.15, 0.2) is 0 Å². The molecule has 1 aromatic rings. The molecule has 0 aliphatic heterocycles. The Kier molecular flexibility index (Phi) is 6.67. The molecule has 0 aliphatic carbocycles. The molecule has 0 fully saturated rings. The first-order valence-electron chi connectivity index (χ1n) is 6.60. The van der Waals surface area contributed by atoms with Gasteiger partial charge in [-0.1, -0.05) is 43.7 Å². The van der Waals surface area contributed by atoms with Crippen molar-refractivity contribution in [2.75, 3.05) is 12.9 Å². The van der Waals surface area contributed by atoms with Crippen LogP contribution in [0.3, 0.4) is 0 Å². The number of sulfonamides is 1. The van der Waals surface area contributed by atoms with Crippen molar-refractivity contribution >= 4 is 16.0 Å². The van der Waals surface area contributed by atoms with E-state index in [1.165, 1.54) is 7.11 Å². The topological polar surface area (TPSA) is 72.5 Å². The molecule has 20 heavy (non-hydrogen) atoms. The predicted octanol–water partition coefficient (Wildman–Crippen LogP) is 1.49. The fourth-order valence-electron chi connectivity index (χ4n) is 1.78. The number of hydrogen-bond donors (Lipinski definition) is 1. The fourth-order valence-corrected chi connectivity index (χ4v) is 3.17. The number of ether oxygens (including phenoxy) is 1. The van der Waals surface area contributed by atoms with Crippen molar-refractivity contribution < 1.29 is 17.9 Å². The molecule has 0 saturated heterocycles. The third-order valence-corrected chi connectivity index (χ3v) is 4.33. The first-order chi connectivity index (χ1) is 9.48. The van der Waals surface area contributed by atoms with Gasteiger partial charge in [-0.3, -0.25) is 4.79 Å². The zero-order valence-corrected chi connectivity index (χ0v) is 12.7.